The zero-order chi connectivity index (χ0) is 13.1. The zero-order valence-corrected chi connectivity index (χ0v) is 11.4. The molecule has 1 aliphatic heterocycles. The summed E-state index contributed by atoms with van der Waals surface area (Å²) >= 11 is 7.12. The molecule has 0 spiro atoms. The zero-order valence-electron chi connectivity index (χ0n) is 9.83. The van der Waals surface area contributed by atoms with Crippen LogP contribution in [0.4, 0.5) is 11.4 Å². The van der Waals surface area contributed by atoms with E-state index in [0.717, 1.165) is 10.6 Å². The predicted octanol–water partition coefficient (Wildman–Crippen LogP) is 2.54. The molecule has 1 unspecified atom stereocenters. The Hall–Kier alpha value is -1.20. The minimum Gasteiger partial charge on any atom is -0.326 e. The van der Waals surface area contributed by atoms with Gasteiger partial charge in [0.2, 0.25) is 11.8 Å². The van der Waals surface area contributed by atoms with E-state index in [0.29, 0.717) is 11.4 Å². The molecule has 1 aliphatic rings. The molecule has 2 N–H and O–H groups in total. The number of nitrogens with one attached hydrogen (secondary N) is 2. The lowest BCUT2D eigenvalue weighted by atomic mass is 10.2. The van der Waals surface area contributed by atoms with E-state index in [4.69, 9.17) is 11.6 Å². The molecule has 0 bridgehead atoms. The van der Waals surface area contributed by atoms with Crippen molar-refractivity contribution in [1.82, 2.24) is 0 Å². The highest BCUT2D eigenvalue weighted by atomic mass is 35.5. The van der Waals surface area contributed by atoms with Crippen molar-refractivity contribution in [3.05, 3.63) is 18.2 Å². The molecule has 96 valence electrons. The van der Waals surface area contributed by atoms with Gasteiger partial charge in [0, 0.05) is 22.4 Å². The monoisotopic (exact) mass is 284 g/mol. The molecule has 0 saturated heterocycles. The number of halogens is 1. The maximum Gasteiger partial charge on any atom is 0.234 e. The largest absolute Gasteiger partial charge is 0.326 e. The highest BCUT2D eigenvalue weighted by Crippen LogP contribution is 2.33. The van der Waals surface area contributed by atoms with E-state index >= 15 is 0 Å². The molecule has 2 rings (SSSR count). The summed E-state index contributed by atoms with van der Waals surface area (Å²) in [7, 11) is 0. The summed E-state index contributed by atoms with van der Waals surface area (Å²) in [5.41, 5.74) is 1.41. The maximum absolute atomic E-state index is 11.7. The average molecular weight is 285 g/mol. The molecule has 1 atom stereocenters. The molecule has 0 aromatic heterocycles. The van der Waals surface area contributed by atoms with Gasteiger partial charge in [-0.15, -0.1) is 23.4 Å². The van der Waals surface area contributed by atoms with Gasteiger partial charge in [0.1, 0.15) is 0 Å². The number of anilines is 2. The SMILES string of the molecule is CC(CCl)C(=O)Nc1ccc2c(c1)NC(=O)CS2. The van der Waals surface area contributed by atoms with E-state index in [1.165, 1.54) is 11.8 Å². The summed E-state index contributed by atoms with van der Waals surface area (Å²) in [6.07, 6.45) is 0. The van der Waals surface area contributed by atoms with Gasteiger partial charge in [0.05, 0.1) is 11.4 Å². The Labute approximate surface area is 114 Å². The van der Waals surface area contributed by atoms with Crippen LogP contribution in [-0.2, 0) is 9.59 Å². The van der Waals surface area contributed by atoms with Gasteiger partial charge >= 0.3 is 0 Å². The first kappa shape index (κ1) is 13.2. The van der Waals surface area contributed by atoms with Crippen LogP contribution >= 0.6 is 23.4 Å². The number of alkyl halides is 1. The second-order valence-electron chi connectivity index (χ2n) is 4.09. The van der Waals surface area contributed by atoms with Crippen LogP contribution in [-0.4, -0.2) is 23.4 Å². The van der Waals surface area contributed by atoms with Gasteiger partial charge in [-0.2, -0.15) is 0 Å². The van der Waals surface area contributed by atoms with E-state index in [2.05, 4.69) is 10.6 Å². The summed E-state index contributed by atoms with van der Waals surface area (Å²) in [5, 5.41) is 5.55. The Morgan fingerprint density at radius 2 is 2.39 bits per heavy atom. The van der Waals surface area contributed by atoms with Crippen LogP contribution in [0.15, 0.2) is 23.1 Å². The van der Waals surface area contributed by atoms with Crippen molar-refractivity contribution < 1.29 is 9.59 Å². The Morgan fingerprint density at radius 3 is 3.11 bits per heavy atom. The number of carbonyl (C=O) groups excluding carboxylic acids is 2. The molecule has 2 amide bonds. The van der Waals surface area contributed by atoms with Gasteiger partial charge in [-0.05, 0) is 18.2 Å². The lowest BCUT2D eigenvalue weighted by Crippen LogP contribution is -2.22. The van der Waals surface area contributed by atoms with E-state index in [-0.39, 0.29) is 23.6 Å². The molecule has 18 heavy (non-hydrogen) atoms. The fraction of sp³-hybridized carbons (Fsp3) is 0.333. The summed E-state index contributed by atoms with van der Waals surface area (Å²) in [5.74, 6) is 0.322. The molecule has 0 saturated carbocycles. The average Bonchev–Trinajstić information content (AvgIpc) is 2.37. The number of carbonyl (C=O) groups is 2. The van der Waals surface area contributed by atoms with Crippen LogP contribution in [0, 0.1) is 5.92 Å². The Kier molecular flexibility index (Phi) is 4.14. The van der Waals surface area contributed by atoms with Crippen LogP contribution in [0.2, 0.25) is 0 Å². The summed E-state index contributed by atoms with van der Waals surface area (Å²) in [6, 6.07) is 5.47. The molecule has 1 heterocycles. The van der Waals surface area contributed by atoms with Gasteiger partial charge in [0.25, 0.3) is 0 Å². The summed E-state index contributed by atoms with van der Waals surface area (Å²) in [4.78, 5) is 24.0. The number of hydrogen-bond acceptors (Lipinski definition) is 3. The van der Waals surface area contributed by atoms with Gasteiger partial charge in [-0.25, -0.2) is 0 Å². The van der Waals surface area contributed by atoms with Gasteiger partial charge < -0.3 is 10.6 Å². The second kappa shape index (κ2) is 5.63. The molecule has 6 heteroatoms. The summed E-state index contributed by atoms with van der Waals surface area (Å²) < 4.78 is 0. The first-order chi connectivity index (χ1) is 8.60. The fourth-order valence-electron chi connectivity index (χ4n) is 1.50. The van der Waals surface area contributed by atoms with Crippen LogP contribution in [0.1, 0.15) is 6.92 Å². The van der Waals surface area contributed by atoms with E-state index in [1.54, 1.807) is 13.0 Å². The smallest absolute Gasteiger partial charge is 0.234 e. The van der Waals surface area contributed by atoms with Crippen molar-refractivity contribution in [3.63, 3.8) is 0 Å². The maximum atomic E-state index is 11.7. The first-order valence-electron chi connectivity index (χ1n) is 5.53. The quantitative estimate of drug-likeness (QED) is 0.839. The molecular weight excluding hydrogens is 272 g/mol. The minimum atomic E-state index is -0.244. The molecule has 4 nitrogen and oxygen atoms in total. The Balaban J connectivity index is 2.13. The van der Waals surface area contributed by atoms with Gasteiger partial charge in [0.15, 0.2) is 0 Å². The Morgan fingerprint density at radius 1 is 1.61 bits per heavy atom. The Bertz CT molecular complexity index is 493. The summed E-state index contributed by atoms with van der Waals surface area (Å²) in [6.45, 7) is 1.76. The van der Waals surface area contributed by atoms with Gasteiger partial charge in [-0.3, -0.25) is 9.59 Å². The molecule has 0 fully saturated rings. The lowest BCUT2D eigenvalue weighted by molar-refractivity contribution is -0.118. The number of fused-ring (bicyclic) bond motifs is 1. The number of amides is 2. The van der Waals surface area contributed by atoms with Gasteiger partial charge in [-0.1, -0.05) is 6.92 Å². The standard InChI is InChI=1S/C12H13ClN2O2S/c1-7(5-13)12(17)14-8-2-3-10-9(4-8)15-11(16)6-18-10/h2-4,7H,5-6H2,1H3,(H,14,17)(H,15,16). The van der Waals surface area contributed by atoms with Crippen LogP contribution in [0.3, 0.4) is 0 Å². The normalized spacial score (nSPS) is 15.6. The van der Waals surface area contributed by atoms with Crippen LogP contribution < -0.4 is 10.6 Å². The number of hydrogen-bond donors (Lipinski definition) is 2. The highest BCUT2D eigenvalue weighted by Gasteiger charge is 2.17. The third-order valence-corrected chi connectivity index (χ3v) is 4.10. The third kappa shape index (κ3) is 2.97. The van der Waals surface area contributed by atoms with Crippen molar-refractivity contribution in [2.45, 2.75) is 11.8 Å². The third-order valence-electron chi connectivity index (χ3n) is 2.56. The van der Waals surface area contributed by atoms with Crippen molar-refractivity contribution in [2.75, 3.05) is 22.3 Å². The van der Waals surface area contributed by atoms with Crippen LogP contribution in [0.5, 0.6) is 0 Å². The highest BCUT2D eigenvalue weighted by molar-refractivity contribution is 8.00. The topological polar surface area (TPSA) is 58.2 Å². The van der Waals surface area contributed by atoms with E-state index in [1.807, 2.05) is 12.1 Å². The molecule has 1 aromatic rings. The first-order valence-corrected chi connectivity index (χ1v) is 7.05. The predicted molar refractivity (Wildman–Crippen MR) is 74.3 cm³/mol. The van der Waals surface area contributed by atoms with Crippen molar-refractivity contribution in [1.29, 1.82) is 0 Å². The van der Waals surface area contributed by atoms with E-state index < -0.39 is 0 Å². The second-order valence-corrected chi connectivity index (χ2v) is 5.42. The van der Waals surface area contributed by atoms with Crippen molar-refractivity contribution >= 4 is 46.6 Å². The number of thioether (sulfide) groups is 1. The lowest BCUT2D eigenvalue weighted by Gasteiger charge is -2.17. The van der Waals surface area contributed by atoms with E-state index in [9.17, 15) is 9.59 Å². The number of benzene rings is 1. The molecular formula is C12H13ClN2O2S. The van der Waals surface area contributed by atoms with Crippen molar-refractivity contribution in [2.24, 2.45) is 5.92 Å². The molecule has 0 radical (unpaired) electrons. The minimum absolute atomic E-state index is 0.0231. The molecule has 0 aliphatic carbocycles. The number of rotatable bonds is 3. The van der Waals surface area contributed by atoms with Crippen molar-refractivity contribution in [3.8, 4) is 0 Å². The molecule has 1 aromatic carbocycles. The fourth-order valence-corrected chi connectivity index (χ4v) is 2.43. The van der Waals surface area contributed by atoms with Crippen LogP contribution in [0.25, 0.3) is 0 Å².